The van der Waals surface area contributed by atoms with Crippen molar-refractivity contribution in [2.45, 2.75) is 39.5 Å². The lowest BCUT2D eigenvalue weighted by atomic mass is 10.1. The lowest BCUT2D eigenvalue weighted by Crippen LogP contribution is -2.24. The van der Waals surface area contributed by atoms with Crippen LogP contribution in [0.2, 0.25) is 0 Å². The molecule has 3 N–H and O–H groups in total. The molecule has 0 saturated carbocycles. The van der Waals surface area contributed by atoms with Crippen LogP contribution in [0.15, 0.2) is 18.2 Å². The van der Waals surface area contributed by atoms with Crippen molar-refractivity contribution in [1.29, 1.82) is 0 Å². The van der Waals surface area contributed by atoms with Gasteiger partial charge in [0.25, 0.3) is 5.91 Å². The monoisotopic (exact) mass is 264 g/mol. The highest BCUT2D eigenvalue weighted by Crippen LogP contribution is 2.22. The van der Waals surface area contributed by atoms with Gasteiger partial charge in [-0.1, -0.05) is 26.2 Å². The second-order valence-corrected chi connectivity index (χ2v) is 4.50. The van der Waals surface area contributed by atoms with Crippen molar-refractivity contribution in [2.75, 3.05) is 18.9 Å². The number of ether oxygens (including phenoxy) is 1. The number of benzene rings is 1. The number of nitrogen functional groups attached to an aromatic ring is 1. The van der Waals surface area contributed by atoms with Gasteiger partial charge in [0.15, 0.2) is 0 Å². The molecule has 0 radical (unpaired) electrons. The molecule has 1 aromatic carbocycles. The first-order valence-corrected chi connectivity index (χ1v) is 6.99. The molecule has 0 aliphatic rings. The van der Waals surface area contributed by atoms with Crippen molar-refractivity contribution < 1.29 is 9.53 Å². The predicted octanol–water partition coefficient (Wildman–Crippen LogP) is 2.98. The Balaban J connectivity index is 2.50. The molecule has 0 atom stereocenters. The van der Waals surface area contributed by atoms with E-state index in [9.17, 15) is 4.79 Å². The van der Waals surface area contributed by atoms with Gasteiger partial charge >= 0.3 is 0 Å². The lowest BCUT2D eigenvalue weighted by Gasteiger charge is -2.09. The molecule has 4 nitrogen and oxygen atoms in total. The van der Waals surface area contributed by atoms with Crippen molar-refractivity contribution in [3.63, 3.8) is 0 Å². The first-order chi connectivity index (χ1) is 9.19. The molecule has 0 heterocycles. The molecule has 0 spiro atoms. The van der Waals surface area contributed by atoms with Crippen LogP contribution in [0, 0.1) is 0 Å². The summed E-state index contributed by atoms with van der Waals surface area (Å²) in [4.78, 5) is 11.9. The zero-order valence-corrected chi connectivity index (χ0v) is 11.9. The van der Waals surface area contributed by atoms with Crippen LogP contribution in [-0.4, -0.2) is 19.1 Å². The Hall–Kier alpha value is -1.71. The summed E-state index contributed by atoms with van der Waals surface area (Å²) in [5.74, 6) is 0.499. The van der Waals surface area contributed by atoms with Gasteiger partial charge in [0, 0.05) is 12.1 Å². The second kappa shape index (κ2) is 8.40. The number of anilines is 1. The molecular weight excluding hydrogens is 240 g/mol. The van der Waals surface area contributed by atoms with Crippen molar-refractivity contribution in [2.24, 2.45) is 0 Å². The Bertz CT molecular complexity index is 405. The van der Waals surface area contributed by atoms with Gasteiger partial charge in [-0.3, -0.25) is 4.79 Å². The third-order valence-electron chi connectivity index (χ3n) is 2.89. The highest BCUT2D eigenvalue weighted by molar-refractivity contribution is 5.95. The Labute approximate surface area is 115 Å². The summed E-state index contributed by atoms with van der Waals surface area (Å²) in [5.41, 5.74) is 6.92. The molecule has 1 rings (SSSR count). The van der Waals surface area contributed by atoms with Crippen molar-refractivity contribution in [1.82, 2.24) is 5.32 Å². The van der Waals surface area contributed by atoms with Crippen LogP contribution in [0.3, 0.4) is 0 Å². The highest BCUT2D eigenvalue weighted by Gasteiger charge is 2.08. The molecule has 0 saturated heterocycles. The first kappa shape index (κ1) is 15.3. The van der Waals surface area contributed by atoms with Gasteiger partial charge in [-0.2, -0.15) is 0 Å². The van der Waals surface area contributed by atoms with E-state index in [-0.39, 0.29) is 5.91 Å². The molecule has 1 amide bonds. The molecule has 19 heavy (non-hydrogen) atoms. The van der Waals surface area contributed by atoms with Gasteiger partial charge in [0.2, 0.25) is 0 Å². The summed E-state index contributed by atoms with van der Waals surface area (Å²) in [6.45, 7) is 5.31. The van der Waals surface area contributed by atoms with E-state index < -0.39 is 0 Å². The van der Waals surface area contributed by atoms with E-state index in [1.165, 1.54) is 12.8 Å². The summed E-state index contributed by atoms with van der Waals surface area (Å²) in [6, 6.07) is 5.12. The number of carbonyl (C=O) groups is 1. The second-order valence-electron chi connectivity index (χ2n) is 4.50. The number of unbranched alkanes of at least 4 members (excludes halogenated alkanes) is 3. The maximum absolute atomic E-state index is 11.9. The smallest absolute Gasteiger partial charge is 0.251 e. The number of amides is 1. The summed E-state index contributed by atoms with van der Waals surface area (Å²) >= 11 is 0. The Morgan fingerprint density at radius 2 is 2.05 bits per heavy atom. The number of rotatable bonds is 8. The molecule has 0 aromatic heterocycles. The maximum Gasteiger partial charge on any atom is 0.251 e. The summed E-state index contributed by atoms with van der Waals surface area (Å²) in [7, 11) is 0. The van der Waals surface area contributed by atoms with Crippen molar-refractivity contribution >= 4 is 11.6 Å². The number of carbonyl (C=O) groups excluding carboxylic acids is 1. The van der Waals surface area contributed by atoms with Crippen LogP contribution < -0.4 is 15.8 Å². The molecule has 0 unspecified atom stereocenters. The van der Waals surface area contributed by atoms with Gasteiger partial charge in [0.1, 0.15) is 5.75 Å². The fourth-order valence-corrected chi connectivity index (χ4v) is 1.81. The average molecular weight is 264 g/mol. The quantitative estimate of drug-likeness (QED) is 0.560. The summed E-state index contributed by atoms with van der Waals surface area (Å²) in [5, 5.41) is 2.91. The maximum atomic E-state index is 11.9. The normalized spacial score (nSPS) is 10.2. The van der Waals surface area contributed by atoms with Crippen LogP contribution in [-0.2, 0) is 0 Å². The van der Waals surface area contributed by atoms with Crippen LogP contribution in [0.1, 0.15) is 49.9 Å². The third-order valence-corrected chi connectivity index (χ3v) is 2.89. The van der Waals surface area contributed by atoms with E-state index in [4.69, 9.17) is 10.5 Å². The summed E-state index contributed by atoms with van der Waals surface area (Å²) < 4.78 is 5.38. The van der Waals surface area contributed by atoms with Crippen LogP contribution >= 0.6 is 0 Å². The minimum Gasteiger partial charge on any atom is -0.492 e. The van der Waals surface area contributed by atoms with Gasteiger partial charge in [0.05, 0.1) is 12.3 Å². The fraction of sp³-hybridized carbons (Fsp3) is 0.533. The van der Waals surface area contributed by atoms with Crippen LogP contribution in [0.4, 0.5) is 5.69 Å². The minimum atomic E-state index is -0.0718. The van der Waals surface area contributed by atoms with Gasteiger partial charge < -0.3 is 15.8 Å². The average Bonchev–Trinajstić information content (AvgIpc) is 2.41. The Morgan fingerprint density at radius 1 is 1.26 bits per heavy atom. The molecule has 0 aliphatic carbocycles. The Kier molecular flexibility index (Phi) is 6.79. The first-order valence-electron chi connectivity index (χ1n) is 6.99. The zero-order valence-electron chi connectivity index (χ0n) is 11.9. The lowest BCUT2D eigenvalue weighted by molar-refractivity contribution is 0.0952. The number of nitrogens with two attached hydrogens (primary N) is 1. The zero-order chi connectivity index (χ0) is 14.1. The van der Waals surface area contributed by atoms with E-state index >= 15 is 0 Å². The van der Waals surface area contributed by atoms with Crippen LogP contribution in [0.25, 0.3) is 0 Å². The standard InChI is InChI=1S/C15H24N2O2/c1-3-5-6-7-10-17-15(18)12-8-9-13(16)14(11-12)19-4-2/h8-9,11H,3-7,10,16H2,1-2H3,(H,17,18). The largest absolute Gasteiger partial charge is 0.492 e. The number of hydrogen-bond donors (Lipinski definition) is 2. The molecule has 106 valence electrons. The van der Waals surface area contributed by atoms with E-state index in [2.05, 4.69) is 12.2 Å². The molecule has 0 fully saturated rings. The SMILES string of the molecule is CCCCCCNC(=O)c1ccc(N)c(OCC)c1. The predicted molar refractivity (Wildman–Crippen MR) is 78.5 cm³/mol. The minimum absolute atomic E-state index is 0.0718. The van der Waals surface area contributed by atoms with Crippen LogP contribution in [0.5, 0.6) is 5.75 Å². The molecule has 0 aliphatic heterocycles. The number of hydrogen-bond acceptors (Lipinski definition) is 3. The summed E-state index contributed by atoms with van der Waals surface area (Å²) in [6.07, 6.45) is 4.59. The topological polar surface area (TPSA) is 64.4 Å². The van der Waals surface area contributed by atoms with Gasteiger partial charge in [-0.05, 0) is 31.5 Å². The van der Waals surface area contributed by atoms with E-state index in [0.29, 0.717) is 30.2 Å². The highest BCUT2D eigenvalue weighted by atomic mass is 16.5. The molecule has 4 heteroatoms. The van der Waals surface area contributed by atoms with Gasteiger partial charge in [-0.25, -0.2) is 0 Å². The Morgan fingerprint density at radius 3 is 2.74 bits per heavy atom. The van der Waals surface area contributed by atoms with E-state index in [1.54, 1.807) is 18.2 Å². The third kappa shape index (κ3) is 5.20. The molecule has 1 aromatic rings. The van der Waals surface area contributed by atoms with Gasteiger partial charge in [-0.15, -0.1) is 0 Å². The van der Waals surface area contributed by atoms with E-state index in [0.717, 1.165) is 12.8 Å². The van der Waals surface area contributed by atoms with Crippen molar-refractivity contribution in [3.8, 4) is 5.75 Å². The van der Waals surface area contributed by atoms with Crippen molar-refractivity contribution in [3.05, 3.63) is 23.8 Å². The van der Waals surface area contributed by atoms with E-state index in [1.807, 2.05) is 6.92 Å². The fourth-order valence-electron chi connectivity index (χ4n) is 1.81. The number of nitrogens with one attached hydrogen (secondary N) is 1. The molecular formula is C15H24N2O2. The molecule has 0 bridgehead atoms.